The van der Waals surface area contributed by atoms with Gasteiger partial charge in [0.1, 0.15) is 0 Å². The maximum absolute atomic E-state index is 12.6. The van der Waals surface area contributed by atoms with Gasteiger partial charge in [-0.2, -0.15) is 0 Å². The predicted octanol–water partition coefficient (Wildman–Crippen LogP) is 2.30. The summed E-state index contributed by atoms with van der Waals surface area (Å²) < 4.78 is 0. The molecule has 4 fully saturated rings. The number of nitrogens with one attached hydrogen (secondary N) is 1. The fourth-order valence-electron chi connectivity index (χ4n) is 6.06. The summed E-state index contributed by atoms with van der Waals surface area (Å²) in [6.45, 7) is 2.22. The van der Waals surface area contributed by atoms with Crippen molar-refractivity contribution in [3.8, 4) is 0 Å². The van der Waals surface area contributed by atoms with E-state index in [1.165, 1.54) is 44.9 Å². The molecule has 8 atom stereocenters. The molecule has 0 heterocycles. The summed E-state index contributed by atoms with van der Waals surface area (Å²) in [5.41, 5.74) is 6.29. The highest BCUT2D eigenvalue weighted by Gasteiger charge is 2.50. The van der Waals surface area contributed by atoms with Crippen molar-refractivity contribution in [2.45, 2.75) is 64.0 Å². The number of fused-ring (bicyclic) bond motifs is 4. The maximum Gasteiger partial charge on any atom is 0.225 e. The quantitative estimate of drug-likeness (QED) is 0.831. The number of carbonyl (C=O) groups excluding carboxylic acids is 1. The number of hydrogen-bond acceptors (Lipinski definition) is 2. The van der Waals surface area contributed by atoms with E-state index < -0.39 is 0 Å². The van der Waals surface area contributed by atoms with Crippen molar-refractivity contribution >= 4 is 5.91 Å². The molecule has 4 aliphatic carbocycles. The Bertz CT molecular complexity index is 408. The van der Waals surface area contributed by atoms with Gasteiger partial charge in [0.25, 0.3) is 0 Å². The van der Waals surface area contributed by atoms with Gasteiger partial charge in [-0.3, -0.25) is 4.79 Å². The van der Waals surface area contributed by atoms with Gasteiger partial charge in [-0.25, -0.2) is 0 Å². The zero-order chi connectivity index (χ0) is 13.9. The molecular weight excluding hydrogens is 248 g/mol. The Morgan fingerprint density at radius 3 is 2.40 bits per heavy atom. The minimum atomic E-state index is 0.106. The van der Waals surface area contributed by atoms with E-state index in [1.54, 1.807) is 0 Å². The van der Waals surface area contributed by atoms with Crippen molar-refractivity contribution in [1.82, 2.24) is 5.32 Å². The number of hydrogen-bond donors (Lipinski definition) is 2. The van der Waals surface area contributed by atoms with Gasteiger partial charge in [0.15, 0.2) is 0 Å². The minimum Gasteiger partial charge on any atom is -0.353 e. The molecule has 112 valence electrons. The summed E-state index contributed by atoms with van der Waals surface area (Å²) >= 11 is 0. The van der Waals surface area contributed by atoms with E-state index in [4.69, 9.17) is 5.73 Å². The van der Waals surface area contributed by atoms with E-state index >= 15 is 0 Å². The molecule has 0 aromatic rings. The molecule has 0 aliphatic heterocycles. The lowest BCUT2D eigenvalue weighted by molar-refractivity contribution is -0.128. The monoisotopic (exact) mass is 276 g/mol. The van der Waals surface area contributed by atoms with Gasteiger partial charge in [-0.1, -0.05) is 6.42 Å². The molecule has 4 saturated carbocycles. The molecule has 20 heavy (non-hydrogen) atoms. The molecule has 0 aromatic heterocycles. The van der Waals surface area contributed by atoms with Crippen LogP contribution in [-0.2, 0) is 4.79 Å². The molecule has 4 aliphatic rings. The van der Waals surface area contributed by atoms with E-state index in [-0.39, 0.29) is 17.9 Å². The summed E-state index contributed by atoms with van der Waals surface area (Å²) in [7, 11) is 0. The van der Waals surface area contributed by atoms with Crippen LogP contribution in [0, 0.1) is 35.5 Å². The highest BCUT2D eigenvalue weighted by Crippen LogP contribution is 2.50. The van der Waals surface area contributed by atoms with Gasteiger partial charge in [-0.05, 0) is 75.0 Å². The molecular formula is C17H28N2O. The van der Waals surface area contributed by atoms with Gasteiger partial charge in [0.2, 0.25) is 5.91 Å². The van der Waals surface area contributed by atoms with Gasteiger partial charge in [0.05, 0.1) is 5.92 Å². The molecule has 0 aromatic carbocycles. The zero-order valence-electron chi connectivity index (χ0n) is 12.6. The Labute approximate surface area is 122 Å². The van der Waals surface area contributed by atoms with Crippen LogP contribution >= 0.6 is 0 Å². The molecule has 0 spiro atoms. The lowest BCUT2D eigenvalue weighted by Crippen LogP contribution is -2.49. The summed E-state index contributed by atoms with van der Waals surface area (Å²) in [5.74, 6) is 4.12. The zero-order valence-corrected chi connectivity index (χ0v) is 12.6. The van der Waals surface area contributed by atoms with E-state index in [2.05, 4.69) is 12.2 Å². The summed E-state index contributed by atoms with van der Waals surface area (Å²) in [4.78, 5) is 12.6. The summed E-state index contributed by atoms with van der Waals surface area (Å²) in [6, 6.07) is 0.477. The third kappa shape index (κ3) is 1.93. The van der Waals surface area contributed by atoms with Crippen LogP contribution in [0.4, 0.5) is 0 Å². The molecule has 4 bridgehead atoms. The highest BCUT2D eigenvalue weighted by molar-refractivity contribution is 5.80. The standard InChI is InChI=1S/C17H28N2O/c1-9(14-7-10-2-3-11(14)6-10)19-17(20)15-12-4-5-13(8-12)16(15)18/h9-16H,2-8,18H2,1H3,(H,19,20). The highest BCUT2D eigenvalue weighted by atomic mass is 16.2. The first-order valence-electron chi connectivity index (χ1n) is 8.69. The lowest BCUT2D eigenvalue weighted by Gasteiger charge is -2.32. The van der Waals surface area contributed by atoms with Crippen LogP contribution in [0.5, 0.6) is 0 Å². The van der Waals surface area contributed by atoms with E-state index in [0.29, 0.717) is 17.9 Å². The Morgan fingerprint density at radius 2 is 1.80 bits per heavy atom. The Balaban J connectivity index is 1.38. The van der Waals surface area contributed by atoms with Gasteiger partial charge >= 0.3 is 0 Å². The third-order valence-corrected chi connectivity index (χ3v) is 7.09. The number of carbonyl (C=O) groups is 1. The van der Waals surface area contributed by atoms with Gasteiger partial charge in [-0.15, -0.1) is 0 Å². The van der Waals surface area contributed by atoms with Crippen molar-refractivity contribution in [2.24, 2.45) is 41.2 Å². The van der Waals surface area contributed by atoms with Crippen LogP contribution in [0.25, 0.3) is 0 Å². The van der Waals surface area contributed by atoms with E-state index in [1.807, 2.05) is 0 Å². The average Bonchev–Trinajstić information content (AvgIpc) is 3.18. The van der Waals surface area contributed by atoms with Crippen molar-refractivity contribution in [3.63, 3.8) is 0 Å². The number of nitrogens with two attached hydrogens (primary N) is 1. The molecule has 3 N–H and O–H groups in total. The first kappa shape index (κ1) is 13.1. The molecule has 0 saturated heterocycles. The lowest BCUT2D eigenvalue weighted by atomic mass is 9.82. The Kier molecular flexibility index (Phi) is 3.10. The van der Waals surface area contributed by atoms with Crippen LogP contribution in [0.15, 0.2) is 0 Å². The normalized spacial score (nSPS) is 50.6. The van der Waals surface area contributed by atoms with Gasteiger partial charge < -0.3 is 11.1 Å². The smallest absolute Gasteiger partial charge is 0.225 e. The molecule has 1 amide bonds. The largest absolute Gasteiger partial charge is 0.353 e. The second-order valence-corrected chi connectivity index (χ2v) is 8.07. The van der Waals surface area contributed by atoms with Crippen LogP contribution in [0.2, 0.25) is 0 Å². The summed E-state index contributed by atoms with van der Waals surface area (Å²) in [6.07, 6.45) is 9.24. The molecule has 4 rings (SSSR count). The van der Waals surface area contributed by atoms with Crippen LogP contribution < -0.4 is 11.1 Å². The fourth-order valence-corrected chi connectivity index (χ4v) is 6.06. The summed E-state index contributed by atoms with van der Waals surface area (Å²) in [5, 5.41) is 3.34. The number of rotatable bonds is 3. The van der Waals surface area contributed by atoms with E-state index in [0.717, 1.165) is 17.8 Å². The van der Waals surface area contributed by atoms with Crippen molar-refractivity contribution in [3.05, 3.63) is 0 Å². The Hall–Kier alpha value is -0.570. The second-order valence-electron chi connectivity index (χ2n) is 8.07. The van der Waals surface area contributed by atoms with Crippen LogP contribution in [0.1, 0.15) is 51.9 Å². The van der Waals surface area contributed by atoms with Crippen LogP contribution in [0.3, 0.4) is 0 Å². The molecule has 0 radical (unpaired) electrons. The van der Waals surface area contributed by atoms with Crippen molar-refractivity contribution < 1.29 is 4.79 Å². The third-order valence-electron chi connectivity index (χ3n) is 7.09. The van der Waals surface area contributed by atoms with Crippen molar-refractivity contribution in [2.75, 3.05) is 0 Å². The SMILES string of the molecule is CC(NC(=O)C1C2CCC(C2)C1N)C1CC2CCC1C2. The predicted molar refractivity (Wildman–Crippen MR) is 78.8 cm³/mol. The first-order chi connectivity index (χ1) is 9.63. The minimum absolute atomic E-state index is 0.106. The molecule has 8 unspecified atom stereocenters. The maximum atomic E-state index is 12.6. The average molecular weight is 276 g/mol. The number of amides is 1. The molecule has 3 heteroatoms. The topological polar surface area (TPSA) is 55.1 Å². The first-order valence-corrected chi connectivity index (χ1v) is 8.69. The van der Waals surface area contributed by atoms with E-state index in [9.17, 15) is 4.79 Å². The molecule has 3 nitrogen and oxygen atoms in total. The van der Waals surface area contributed by atoms with Crippen molar-refractivity contribution in [1.29, 1.82) is 0 Å². The fraction of sp³-hybridized carbons (Fsp3) is 0.941. The van der Waals surface area contributed by atoms with Crippen LogP contribution in [-0.4, -0.2) is 18.0 Å². The second kappa shape index (κ2) is 4.72. The van der Waals surface area contributed by atoms with Gasteiger partial charge in [0, 0.05) is 12.1 Å². The Morgan fingerprint density at radius 1 is 1.05 bits per heavy atom.